The van der Waals surface area contributed by atoms with Crippen LogP contribution in [-0.2, 0) is 0 Å². The van der Waals surface area contributed by atoms with Gasteiger partial charge < -0.3 is 10.0 Å². The van der Waals surface area contributed by atoms with Crippen LogP contribution in [0.4, 0.5) is 10.2 Å². The zero-order valence-corrected chi connectivity index (χ0v) is 10.3. The van der Waals surface area contributed by atoms with Gasteiger partial charge in [0.25, 0.3) is 0 Å². The monoisotopic (exact) mass is 258 g/mol. The van der Waals surface area contributed by atoms with E-state index in [1.54, 1.807) is 0 Å². The maximum Gasteiger partial charge on any atom is 0.167 e. The van der Waals surface area contributed by atoms with Crippen molar-refractivity contribution >= 4 is 17.4 Å². The van der Waals surface area contributed by atoms with E-state index in [-0.39, 0.29) is 12.6 Å². The molecule has 1 heterocycles. The van der Waals surface area contributed by atoms with E-state index in [1.807, 2.05) is 4.90 Å². The first-order chi connectivity index (χ1) is 8.22. The molecule has 1 fully saturated rings. The first kappa shape index (κ1) is 12.6. The van der Waals surface area contributed by atoms with Crippen molar-refractivity contribution in [2.45, 2.75) is 31.7 Å². The van der Waals surface area contributed by atoms with Gasteiger partial charge in [-0.3, -0.25) is 0 Å². The van der Waals surface area contributed by atoms with Crippen LogP contribution < -0.4 is 4.90 Å². The fraction of sp³-hybridized carbons (Fsp3) is 0.583. The molecule has 3 nitrogen and oxygen atoms in total. The highest BCUT2D eigenvalue weighted by Gasteiger charge is 2.25. The van der Waals surface area contributed by atoms with Gasteiger partial charge in [0.1, 0.15) is 0 Å². The van der Waals surface area contributed by atoms with Crippen LogP contribution in [0.1, 0.15) is 25.7 Å². The molecule has 1 saturated carbocycles. The van der Waals surface area contributed by atoms with Crippen LogP contribution in [0.3, 0.4) is 0 Å². The molecule has 0 amide bonds. The number of anilines is 1. The third kappa shape index (κ3) is 2.87. The Bertz CT molecular complexity index is 383. The highest BCUT2D eigenvalue weighted by Crippen LogP contribution is 2.29. The van der Waals surface area contributed by atoms with Crippen molar-refractivity contribution in [2.24, 2.45) is 0 Å². The van der Waals surface area contributed by atoms with Crippen LogP contribution in [0.25, 0.3) is 0 Å². The smallest absolute Gasteiger partial charge is 0.167 e. The summed E-state index contributed by atoms with van der Waals surface area (Å²) in [4.78, 5) is 5.91. The Morgan fingerprint density at radius 2 is 2.18 bits per heavy atom. The molecule has 94 valence electrons. The summed E-state index contributed by atoms with van der Waals surface area (Å²) >= 11 is 5.69. The molecule has 1 aliphatic rings. The standard InChI is InChI=1S/C12H16ClFN2O/c13-9-7-11(14)12(15-8-9)16(5-6-17)10-3-1-2-4-10/h7-8,10,17H,1-6H2. The summed E-state index contributed by atoms with van der Waals surface area (Å²) in [7, 11) is 0. The summed E-state index contributed by atoms with van der Waals surface area (Å²) in [6.45, 7) is 0.413. The quantitative estimate of drug-likeness (QED) is 0.902. The number of rotatable bonds is 4. The van der Waals surface area contributed by atoms with Gasteiger partial charge >= 0.3 is 0 Å². The molecule has 1 aliphatic carbocycles. The number of pyridine rings is 1. The molecular formula is C12H16ClFN2O. The van der Waals surface area contributed by atoms with E-state index >= 15 is 0 Å². The van der Waals surface area contributed by atoms with Gasteiger partial charge in [-0.25, -0.2) is 9.37 Å². The number of halogens is 2. The van der Waals surface area contributed by atoms with E-state index < -0.39 is 5.82 Å². The molecule has 0 saturated heterocycles. The first-order valence-electron chi connectivity index (χ1n) is 5.91. The summed E-state index contributed by atoms with van der Waals surface area (Å²) in [6, 6.07) is 1.55. The van der Waals surface area contributed by atoms with E-state index in [1.165, 1.54) is 12.3 Å². The molecule has 0 unspecified atom stereocenters. The minimum absolute atomic E-state index is 0.000244. The number of hydrogen-bond acceptors (Lipinski definition) is 3. The molecular weight excluding hydrogens is 243 g/mol. The SMILES string of the molecule is OCCN(c1ncc(Cl)cc1F)C1CCCC1. The second kappa shape index (κ2) is 5.65. The lowest BCUT2D eigenvalue weighted by Crippen LogP contribution is -2.37. The maximum atomic E-state index is 13.8. The number of aromatic nitrogens is 1. The lowest BCUT2D eigenvalue weighted by atomic mass is 10.2. The van der Waals surface area contributed by atoms with Crippen molar-refractivity contribution in [1.82, 2.24) is 4.98 Å². The normalized spacial score (nSPS) is 16.4. The van der Waals surface area contributed by atoms with Gasteiger partial charge in [0, 0.05) is 18.8 Å². The fourth-order valence-electron chi connectivity index (χ4n) is 2.40. The Kier molecular flexibility index (Phi) is 4.18. The third-order valence-electron chi connectivity index (χ3n) is 3.17. The van der Waals surface area contributed by atoms with Gasteiger partial charge in [-0.05, 0) is 18.9 Å². The summed E-state index contributed by atoms with van der Waals surface area (Å²) in [5, 5.41) is 9.38. The predicted molar refractivity (Wildman–Crippen MR) is 65.9 cm³/mol. The molecule has 1 N–H and O–H groups in total. The third-order valence-corrected chi connectivity index (χ3v) is 3.37. The number of hydrogen-bond donors (Lipinski definition) is 1. The molecule has 0 bridgehead atoms. The average Bonchev–Trinajstić information content (AvgIpc) is 2.80. The molecule has 1 aromatic heterocycles. The lowest BCUT2D eigenvalue weighted by Gasteiger charge is -2.29. The van der Waals surface area contributed by atoms with Crippen molar-refractivity contribution in [1.29, 1.82) is 0 Å². The maximum absolute atomic E-state index is 13.8. The van der Waals surface area contributed by atoms with Crippen molar-refractivity contribution in [2.75, 3.05) is 18.1 Å². The summed E-state index contributed by atoms with van der Waals surface area (Å²) in [6.07, 6.45) is 5.82. The summed E-state index contributed by atoms with van der Waals surface area (Å²) in [5.74, 6) is -0.117. The summed E-state index contributed by atoms with van der Waals surface area (Å²) < 4.78 is 13.8. The molecule has 0 spiro atoms. The van der Waals surface area contributed by atoms with E-state index in [2.05, 4.69) is 4.98 Å². The van der Waals surface area contributed by atoms with Crippen LogP contribution >= 0.6 is 11.6 Å². The van der Waals surface area contributed by atoms with Gasteiger partial charge in [-0.1, -0.05) is 24.4 Å². The topological polar surface area (TPSA) is 36.4 Å². The zero-order valence-electron chi connectivity index (χ0n) is 9.57. The highest BCUT2D eigenvalue weighted by atomic mass is 35.5. The van der Waals surface area contributed by atoms with Gasteiger partial charge in [0.05, 0.1) is 11.6 Å². The second-order valence-electron chi connectivity index (χ2n) is 4.31. The molecule has 0 radical (unpaired) electrons. The van der Waals surface area contributed by atoms with E-state index in [4.69, 9.17) is 16.7 Å². The zero-order chi connectivity index (χ0) is 12.3. The Morgan fingerprint density at radius 3 is 2.76 bits per heavy atom. The van der Waals surface area contributed by atoms with Crippen molar-refractivity contribution in [3.8, 4) is 0 Å². The highest BCUT2D eigenvalue weighted by molar-refractivity contribution is 6.30. The van der Waals surface area contributed by atoms with Crippen LogP contribution in [0.15, 0.2) is 12.3 Å². The predicted octanol–water partition coefficient (Wildman–Crippen LogP) is 2.62. The molecule has 0 aromatic carbocycles. The fourth-order valence-corrected chi connectivity index (χ4v) is 2.55. The first-order valence-corrected chi connectivity index (χ1v) is 6.28. The van der Waals surface area contributed by atoms with Crippen LogP contribution in [0.2, 0.25) is 5.02 Å². The molecule has 5 heteroatoms. The second-order valence-corrected chi connectivity index (χ2v) is 4.75. The van der Waals surface area contributed by atoms with Gasteiger partial charge in [0.15, 0.2) is 11.6 Å². The molecule has 17 heavy (non-hydrogen) atoms. The average molecular weight is 259 g/mol. The summed E-state index contributed by atoms with van der Waals surface area (Å²) in [5.41, 5.74) is 0. The number of aliphatic hydroxyl groups is 1. The van der Waals surface area contributed by atoms with Gasteiger partial charge in [0.2, 0.25) is 0 Å². The Balaban J connectivity index is 2.24. The van der Waals surface area contributed by atoms with Crippen molar-refractivity contribution < 1.29 is 9.50 Å². The van der Waals surface area contributed by atoms with Crippen molar-refractivity contribution in [3.05, 3.63) is 23.1 Å². The van der Waals surface area contributed by atoms with Gasteiger partial charge in [-0.2, -0.15) is 0 Å². The van der Waals surface area contributed by atoms with E-state index in [9.17, 15) is 4.39 Å². The minimum Gasteiger partial charge on any atom is -0.395 e. The molecule has 2 rings (SSSR count). The largest absolute Gasteiger partial charge is 0.395 e. The Morgan fingerprint density at radius 1 is 1.47 bits per heavy atom. The van der Waals surface area contributed by atoms with Gasteiger partial charge in [-0.15, -0.1) is 0 Å². The molecule has 0 aliphatic heterocycles. The molecule has 1 aromatic rings. The Labute approximate surface area is 105 Å². The molecule has 0 atom stereocenters. The van der Waals surface area contributed by atoms with E-state index in [0.717, 1.165) is 25.7 Å². The lowest BCUT2D eigenvalue weighted by molar-refractivity contribution is 0.296. The number of aliphatic hydroxyl groups excluding tert-OH is 1. The van der Waals surface area contributed by atoms with Crippen molar-refractivity contribution in [3.63, 3.8) is 0 Å². The van der Waals surface area contributed by atoms with Crippen LogP contribution in [-0.4, -0.2) is 29.3 Å². The van der Waals surface area contributed by atoms with Crippen LogP contribution in [0, 0.1) is 5.82 Å². The van der Waals surface area contributed by atoms with E-state index in [0.29, 0.717) is 17.4 Å². The Hall–Kier alpha value is -0.870. The minimum atomic E-state index is -0.419. The number of nitrogens with zero attached hydrogens (tertiary/aromatic N) is 2. The van der Waals surface area contributed by atoms with Crippen LogP contribution in [0.5, 0.6) is 0 Å².